The van der Waals surface area contributed by atoms with Crippen LogP contribution >= 0.6 is 0 Å². The van der Waals surface area contributed by atoms with Gasteiger partial charge in [0.05, 0.1) is 25.6 Å². The van der Waals surface area contributed by atoms with Gasteiger partial charge in [0.15, 0.2) is 11.5 Å². The fraction of sp³-hybridized carbons (Fsp3) is 0.350. The molecule has 2 heterocycles. The van der Waals surface area contributed by atoms with Crippen molar-refractivity contribution in [3.05, 3.63) is 48.1 Å². The summed E-state index contributed by atoms with van der Waals surface area (Å²) in [5.74, 6) is 0.657. The number of hydrogen-bond donors (Lipinski definition) is 2. The van der Waals surface area contributed by atoms with Crippen LogP contribution in [0.3, 0.4) is 0 Å². The lowest BCUT2D eigenvalue weighted by Gasteiger charge is -2.17. The normalized spacial score (nSPS) is 12.6. The van der Waals surface area contributed by atoms with E-state index in [2.05, 4.69) is 22.2 Å². The van der Waals surface area contributed by atoms with Gasteiger partial charge in [-0.05, 0) is 31.4 Å². The number of anilines is 1. The minimum Gasteiger partial charge on any atom is -0.497 e. The highest BCUT2D eigenvalue weighted by Gasteiger charge is 2.27. The summed E-state index contributed by atoms with van der Waals surface area (Å²) >= 11 is 0. The number of amides is 2. The molecule has 8 heteroatoms. The van der Waals surface area contributed by atoms with Crippen LogP contribution in [0.15, 0.2) is 30.9 Å². The second-order valence-corrected chi connectivity index (χ2v) is 6.36. The maximum atomic E-state index is 12.9. The van der Waals surface area contributed by atoms with E-state index in [9.17, 15) is 9.59 Å². The second kappa shape index (κ2) is 8.60. The molecule has 2 aromatic rings. The number of fused-ring (bicyclic) bond motifs is 1. The summed E-state index contributed by atoms with van der Waals surface area (Å²) in [6.07, 6.45) is 4.19. The molecule has 2 N–H and O–H groups in total. The van der Waals surface area contributed by atoms with Gasteiger partial charge in [0.1, 0.15) is 11.5 Å². The predicted molar refractivity (Wildman–Crippen MR) is 105 cm³/mol. The Morgan fingerprint density at radius 2 is 2.07 bits per heavy atom. The van der Waals surface area contributed by atoms with Crippen LogP contribution in [0.25, 0.3) is 0 Å². The molecule has 0 radical (unpaired) electrons. The van der Waals surface area contributed by atoms with Crippen molar-refractivity contribution < 1.29 is 19.1 Å². The van der Waals surface area contributed by atoms with Crippen molar-refractivity contribution in [1.82, 2.24) is 14.9 Å². The van der Waals surface area contributed by atoms with Gasteiger partial charge in [-0.25, -0.2) is 4.98 Å². The average Bonchev–Trinajstić information content (AvgIpc) is 3.12. The molecule has 0 aliphatic carbocycles. The number of nitrogens with one attached hydrogen (secondary N) is 2. The summed E-state index contributed by atoms with van der Waals surface area (Å²) in [7, 11) is 3.08. The van der Waals surface area contributed by atoms with Gasteiger partial charge in [-0.3, -0.25) is 9.59 Å². The molecule has 0 fully saturated rings. The fourth-order valence-corrected chi connectivity index (χ4v) is 3.23. The molecular formula is C20H24N4O4. The fourth-order valence-electron chi connectivity index (χ4n) is 3.23. The van der Waals surface area contributed by atoms with Gasteiger partial charge < -0.3 is 24.7 Å². The molecule has 1 aliphatic rings. The van der Waals surface area contributed by atoms with Crippen molar-refractivity contribution in [2.45, 2.75) is 25.8 Å². The summed E-state index contributed by atoms with van der Waals surface area (Å²) in [6, 6.07) is 5.12. The summed E-state index contributed by atoms with van der Waals surface area (Å²) in [5.41, 5.74) is 1.55. The second-order valence-electron chi connectivity index (χ2n) is 6.36. The van der Waals surface area contributed by atoms with Crippen molar-refractivity contribution in [2.75, 3.05) is 26.1 Å². The third kappa shape index (κ3) is 3.85. The number of benzene rings is 1. The van der Waals surface area contributed by atoms with Crippen molar-refractivity contribution in [3.63, 3.8) is 0 Å². The molecule has 148 valence electrons. The summed E-state index contributed by atoms with van der Waals surface area (Å²) in [6.45, 7) is 4.60. The number of carbonyl (C=O) groups is 2. The zero-order valence-electron chi connectivity index (χ0n) is 16.1. The standard InChI is InChI=1S/C20H24N4O4/c1-4-10-21-20(26)18-23-17(15-7-5-6-11-24(15)18)19(25)22-14-9-8-13(27-2)12-16(14)28-3/h4,8-9,12H,1,5-7,10-11H2,2-3H3,(H,21,26)(H,22,25). The van der Waals surface area contributed by atoms with E-state index in [-0.39, 0.29) is 23.3 Å². The van der Waals surface area contributed by atoms with E-state index in [1.165, 1.54) is 7.11 Å². The van der Waals surface area contributed by atoms with Crippen LogP contribution in [-0.4, -0.2) is 42.1 Å². The summed E-state index contributed by atoms with van der Waals surface area (Å²) < 4.78 is 12.3. The molecule has 0 atom stereocenters. The van der Waals surface area contributed by atoms with Gasteiger partial charge in [0, 0.05) is 19.2 Å². The van der Waals surface area contributed by atoms with Crippen LogP contribution in [0.4, 0.5) is 5.69 Å². The first-order valence-corrected chi connectivity index (χ1v) is 9.11. The van der Waals surface area contributed by atoms with Gasteiger partial charge in [-0.2, -0.15) is 0 Å². The Hall–Kier alpha value is -3.29. The molecule has 8 nitrogen and oxygen atoms in total. The number of rotatable bonds is 7. The highest BCUT2D eigenvalue weighted by Crippen LogP contribution is 2.30. The number of imidazole rings is 1. The molecule has 0 saturated carbocycles. The average molecular weight is 384 g/mol. The Morgan fingerprint density at radius 1 is 1.25 bits per heavy atom. The molecule has 0 unspecified atom stereocenters. The highest BCUT2D eigenvalue weighted by atomic mass is 16.5. The Labute approximate surface area is 163 Å². The molecule has 1 aliphatic heterocycles. The van der Waals surface area contributed by atoms with Crippen molar-refractivity contribution in [2.24, 2.45) is 0 Å². The van der Waals surface area contributed by atoms with Gasteiger partial charge >= 0.3 is 0 Å². The minimum absolute atomic E-state index is 0.253. The molecule has 3 rings (SSSR count). The molecular weight excluding hydrogens is 360 g/mol. The van der Waals surface area contributed by atoms with E-state index in [4.69, 9.17) is 9.47 Å². The van der Waals surface area contributed by atoms with E-state index in [0.29, 0.717) is 36.7 Å². The number of nitrogens with zero attached hydrogens (tertiary/aromatic N) is 2. The van der Waals surface area contributed by atoms with Gasteiger partial charge in [0.25, 0.3) is 11.8 Å². The number of aromatic nitrogens is 2. The van der Waals surface area contributed by atoms with Crippen molar-refractivity contribution in [1.29, 1.82) is 0 Å². The third-order valence-electron chi connectivity index (χ3n) is 4.60. The van der Waals surface area contributed by atoms with Crippen LogP contribution < -0.4 is 20.1 Å². The molecule has 1 aromatic carbocycles. The zero-order valence-corrected chi connectivity index (χ0v) is 16.1. The molecule has 0 saturated heterocycles. The van der Waals surface area contributed by atoms with Crippen LogP contribution in [0.1, 0.15) is 39.6 Å². The minimum atomic E-state index is -0.378. The van der Waals surface area contributed by atoms with E-state index >= 15 is 0 Å². The van der Waals surface area contributed by atoms with Crippen LogP contribution in [0.2, 0.25) is 0 Å². The Bertz CT molecular complexity index is 904. The van der Waals surface area contributed by atoms with Crippen molar-refractivity contribution >= 4 is 17.5 Å². The quantitative estimate of drug-likeness (QED) is 0.715. The maximum Gasteiger partial charge on any atom is 0.287 e. The first-order chi connectivity index (χ1) is 13.6. The van der Waals surface area contributed by atoms with Gasteiger partial charge in [-0.15, -0.1) is 6.58 Å². The molecule has 2 amide bonds. The smallest absolute Gasteiger partial charge is 0.287 e. The van der Waals surface area contributed by atoms with E-state index in [0.717, 1.165) is 18.5 Å². The molecule has 28 heavy (non-hydrogen) atoms. The van der Waals surface area contributed by atoms with Crippen molar-refractivity contribution in [3.8, 4) is 11.5 Å². The van der Waals surface area contributed by atoms with Crippen LogP contribution in [-0.2, 0) is 13.0 Å². The SMILES string of the molecule is C=CCNC(=O)c1nc(C(=O)Nc2ccc(OC)cc2OC)c2n1CCCC2. The van der Waals surface area contributed by atoms with Crippen LogP contribution in [0, 0.1) is 0 Å². The Balaban J connectivity index is 1.91. The monoisotopic (exact) mass is 384 g/mol. The molecule has 1 aromatic heterocycles. The van der Waals surface area contributed by atoms with Gasteiger partial charge in [-0.1, -0.05) is 6.08 Å². The van der Waals surface area contributed by atoms with Crippen LogP contribution in [0.5, 0.6) is 11.5 Å². The predicted octanol–water partition coefficient (Wildman–Crippen LogP) is 2.40. The topological polar surface area (TPSA) is 94.5 Å². The Kier molecular flexibility index (Phi) is 5.98. The summed E-state index contributed by atoms with van der Waals surface area (Å²) in [5, 5.41) is 5.56. The zero-order chi connectivity index (χ0) is 20.1. The lowest BCUT2D eigenvalue weighted by atomic mass is 10.1. The summed E-state index contributed by atoms with van der Waals surface area (Å²) in [4.78, 5) is 29.7. The van der Waals surface area contributed by atoms with Gasteiger partial charge in [0.2, 0.25) is 0 Å². The Morgan fingerprint density at radius 3 is 2.79 bits per heavy atom. The maximum absolute atomic E-state index is 12.9. The highest BCUT2D eigenvalue weighted by molar-refractivity contribution is 6.05. The van der Waals surface area contributed by atoms with E-state index < -0.39 is 0 Å². The number of methoxy groups -OCH3 is 2. The van der Waals surface area contributed by atoms with E-state index in [1.807, 2.05) is 4.57 Å². The van der Waals surface area contributed by atoms with E-state index in [1.54, 1.807) is 31.4 Å². The first-order valence-electron chi connectivity index (χ1n) is 9.11. The number of ether oxygens (including phenoxy) is 2. The first kappa shape index (κ1) is 19.5. The third-order valence-corrected chi connectivity index (χ3v) is 4.60. The number of hydrogen-bond acceptors (Lipinski definition) is 5. The lowest BCUT2D eigenvalue weighted by molar-refractivity contribution is 0.0942. The largest absolute Gasteiger partial charge is 0.497 e. The molecule has 0 bridgehead atoms. The lowest BCUT2D eigenvalue weighted by Crippen LogP contribution is -2.28. The number of carbonyl (C=O) groups excluding carboxylic acids is 2. The molecule has 0 spiro atoms.